The molecular formula is C90H162NO8P. The van der Waals surface area contributed by atoms with Gasteiger partial charge in [-0.15, -0.1) is 0 Å². The number of carbonyl (C=O) groups is 2. The first-order valence-electron chi connectivity index (χ1n) is 42.6. The van der Waals surface area contributed by atoms with Gasteiger partial charge in [0, 0.05) is 12.8 Å². The van der Waals surface area contributed by atoms with Crippen LogP contribution in [0.1, 0.15) is 399 Å². The highest BCUT2D eigenvalue weighted by molar-refractivity contribution is 7.45. The molecule has 0 aliphatic carbocycles. The van der Waals surface area contributed by atoms with Gasteiger partial charge in [-0.25, -0.2) is 0 Å². The van der Waals surface area contributed by atoms with Crippen molar-refractivity contribution >= 4 is 19.8 Å². The van der Waals surface area contributed by atoms with E-state index in [-0.39, 0.29) is 32.0 Å². The fourth-order valence-corrected chi connectivity index (χ4v) is 13.0. The van der Waals surface area contributed by atoms with Gasteiger partial charge in [0.25, 0.3) is 7.82 Å². The summed E-state index contributed by atoms with van der Waals surface area (Å²) >= 11 is 0. The highest BCUT2D eigenvalue weighted by atomic mass is 31.2. The van der Waals surface area contributed by atoms with Crippen LogP contribution in [0.2, 0.25) is 0 Å². The standard InChI is InChI=1S/C90H162NO8P/c1-6-8-10-12-14-16-18-20-22-24-26-28-30-32-34-36-38-40-42-43-44-45-46-47-49-50-52-54-56-58-60-62-64-66-68-70-72-74-76-78-80-82-89(92)96-86-88(87-98-100(94,95)97-85-84-91(3,4)5)99-90(93)83-81-79-77-75-73-71-69-67-65-63-61-59-57-55-53-51-48-41-39-37-35-33-31-29-27-25-23-21-19-17-15-13-11-9-7-2/h9,11,15,17-18,20-21,23-24,26-27,29-30,32-33,35,39,41,88H,6-8,10,12-14,16,19,22,25,28,31,34,36-38,40,42-87H2,1-5H3/b11-9-,17-15-,20-18-,23-21-,26-24-,29-27-,32-30-,35-33-,41-39-. The number of likely N-dealkylation sites (N-methyl/N-ethyl adjacent to an activating group) is 1. The minimum atomic E-state index is -4.65. The molecule has 0 aliphatic heterocycles. The molecule has 0 aromatic heterocycles. The second kappa shape index (κ2) is 79.8. The molecule has 580 valence electrons. The van der Waals surface area contributed by atoms with E-state index in [1.54, 1.807) is 0 Å². The molecule has 0 saturated carbocycles. The Morgan fingerprint density at radius 1 is 0.320 bits per heavy atom. The summed E-state index contributed by atoms with van der Waals surface area (Å²) in [5.41, 5.74) is 0. The monoisotopic (exact) mass is 1420 g/mol. The third kappa shape index (κ3) is 83.6. The Morgan fingerprint density at radius 3 is 0.850 bits per heavy atom. The number of allylic oxidation sites excluding steroid dienone is 18. The van der Waals surface area contributed by atoms with Crippen molar-refractivity contribution in [3.05, 3.63) is 109 Å². The van der Waals surface area contributed by atoms with Crippen molar-refractivity contribution in [3.63, 3.8) is 0 Å². The smallest absolute Gasteiger partial charge is 0.306 e. The quantitative estimate of drug-likeness (QED) is 0.0195. The lowest BCUT2D eigenvalue weighted by atomic mass is 10.0. The Kier molecular flexibility index (Phi) is 77.1. The van der Waals surface area contributed by atoms with Gasteiger partial charge in [0.2, 0.25) is 0 Å². The summed E-state index contributed by atoms with van der Waals surface area (Å²) in [6, 6.07) is 0. The summed E-state index contributed by atoms with van der Waals surface area (Å²) in [6.45, 7) is 4.17. The van der Waals surface area contributed by atoms with E-state index in [1.807, 2.05) is 21.1 Å². The second-order valence-corrected chi connectivity index (χ2v) is 31.2. The lowest BCUT2D eigenvalue weighted by Gasteiger charge is -2.28. The van der Waals surface area contributed by atoms with Crippen LogP contribution in [0.4, 0.5) is 0 Å². The van der Waals surface area contributed by atoms with E-state index in [4.69, 9.17) is 18.5 Å². The summed E-state index contributed by atoms with van der Waals surface area (Å²) in [6.07, 6.45) is 114. The Bertz CT molecular complexity index is 2060. The lowest BCUT2D eigenvalue weighted by Crippen LogP contribution is -2.37. The summed E-state index contributed by atoms with van der Waals surface area (Å²) < 4.78 is 34.5. The fourth-order valence-electron chi connectivity index (χ4n) is 12.3. The molecular weight excluding hydrogens is 1250 g/mol. The lowest BCUT2D eigenvalue weighted by molar-refractivity contribution is -0.870. The average Bonchev–Trinajstić information content (AvgIpc) is 1.65. The molecule has 100 heavy (non-hydrogen) atoms. The Hall–Kier alpha value is -3.33. The summed E-state index contributed by atoms with van der Waals surface area (Å²) in [7, 11) is 1.18. The first kappa shape index (κ1) is 96.7. The zero-order chi connectivity index (χ0) is 72.5. The van der Waals surface area contributed by atoms with E-state index < -0.39 is 26.5 Å². The van der Waals surface area contributed by atoms with Crippen molar-refractivity contribution in [2.75, 3.05) is 47.5 Å². The zero-order valence-corrected chi connectivity index (χ0v) is 67.3. The Labute approximate surface area is 620 Å². The SMILES string of the molecule is CC/C=C\C/C=C\C/C=C\C/C=C\C/C=C\C/C=C\CCCCCCCCCCCCCCCCCCC(=O)OC(COC(=O)CCCCCCCCCCCCCCCCCCCCCCCCCCCC/C=C\C/C=C\C/C=C\CCCCCCC)COP(=O)([O-])OCC[N+](C)(C)C. The van der Waals surface area contributed by atoms with Crippen LogP contribution in [0.3, 0.4) is 0 Å². The van der Waals surface area contributed by atoms with Crippen LogP contribution < -0.4 is 4.89 Å². The van der Waals surface area contributed by atoms with Gasteiger partial charge >= 0.3 is 11.9 Å². The van der Waals surface area contributed by atoms with Gasteiger partial charge in [0.1, 0.15) is 19.8 Å². The molecule has 2 atom stereocenters. The van der Waals surface area contributed by atoms with Crippen LogP contribution in [-0.2, 0) is 32.7 Å². The third-order valence-corrected chi connectivity index (χ3v) is 19.7. The first-order chi connectivity index (χ1) is 49.0. The number of ether oxygens (including phenoxy) is 2. The zero-order valence-electron chi connectivity index (χ0n) is 66.4. The van der Waals surface area contributed by atoms with Crippen molar-refractivity contribution in [2.24, 2.45) is 0 Å². The van der Waals surface area contributed by atoms with Crippen LogP contribution >= 0.6 is 7.82 Å². The number of quaternary nitrogens is 1. The molecule has 0 amide bonds. The number of hydrogen-bond donors (Lipinski definition) is 0. The largest absolute Gasteiger partial charge is 0.756 e. The van der Waals surface area contributed by atoms with Crippen LogP contribution in [0.5, 0.6) is 0 Å². The molecule has 0 aromatic rings. The minimum Gasteiger partial charge on any atom is -0.756 e. The predicted molar refractivity (Wildman–Crippen MR) is 434 cm³/mol. The number of carbonyl (C=O) groups excluding carboxylic acids is 2. The van der Waals surface area contributed by atoms with Crippen molar-refractivity contribution in [1.29, 1.82) is 0 Å². The highest BCUT2D eigenvalue weighted by Crippen LogP contribution is 2.38. The van der Waals surface area contributed by atoms with Gasteiger partial charge in [0.05, 0.1) is 27.7 Å². The maximum atomic E-state index is 12.9. The average molecular weight is 1420 g/mol. The van der Waals surface area contributed by atoms with Crippen LogP contribution in [0, 0.1) is 0 Å². The van der Waals surface area contributed by atoms with Crippen molar-refractivity contribution in [1.82, 2.24) is 0 Å². The topological polar surface area (TPSA) is 111 Å². The normalized spacial score (nSPS) is 13.5. The molecule has 0 bridgehead atoms. The second-order valence-electron chi connectivity index (χ2n) is 29.8. The van der Waals surface area contributed by atoms with Crippen LogP contribution in [0.25, 0.3) is 0 Å². The van der Waals surface area contributed by atoms with Gasteiger partial charge in [-0.3, -0.25) is 14.2 Å². The van der Waals surface area contributed by atoms with E-state index in [1.165, 1.54) is 276 Å². The molecule has 2 unspecified atom stereocenters. The number of rotatable bonds is 79. The highest BCUT2D eigenvalue weighted by Gasteiger charge is 2.22. The molecule has 0 saturated heterocycles. The maximum Gasteiger partial charge on any atom is 0.306 e. The van der Waals surface area contributed by atoms with E-state index in [0.717, 1.165) is 89.9 Å². The Morgan fingerprint density at radius 2 is 0.570 bits per heavy atom. The molecule has 0 aromatic carbocycles. The van der Waals surface area contributed by atoms with E-state index in [2.05, 4.69) is 123 Å². The molecule has 0 radical (unpaired) electrons. The maximum absolute atomic E-state index is 12.9. The fraction of sp³-hybridized carbons (Fsp3) is 0.778. The summed E-state index contributed by atoms with van der Waals surface area (Å²) in [4.78, 5) is 38.2. The number of esters is 2. The minimum absolute atomic E-state index is 0.0315. The Balaban J connectivity index is 3.90. The number of unbranched alkanes of at least 4 members (excludes halogenated alkanes) is 47. The van der Waals surface area contributed by atoms with Gasteiger partial charge in [0.15, 0.2) is 6.10 Å². The molecule has 0 heterocycles. The van der Waals surface area contributed by atoms with Crippen molar-refractivity contribution < 1.29 is 42.1 Å². The van der Waals surface area contributed by atoms with Gasteiger partial charge in [-0.1, -0.05) is 393 Å². The summed E-state index contributed by atoms with van der Waals surface area (Å²) in [5, 5.41) is 0. The van der Waals surface area contributed by atoms with E-state index in [9.17, 15) is 19.0 Å². The molecule has 0 aliphatic rings. The van der Waals surface area contributed by atoms with Crippen molar-refractivity contribution in [2.45, 2.75) is 405 Å². The predicted octanol–water partition coefficient (Wildman–Crippen LogP) is 28.1. The van der Waals surface area contributed by atoms with Crippen LogP contribution in [-0.4, -0.2) is 70.0 Å². The molecule has 0 fully saturated rings. The van der Waals surface area contributed by atoms with Gasteiger partial charge < -0.3 is 27.9 Å². The molecule has 9 nitrogen and oxygen atoms in total. The van der Waals surface area contributed by atoms with Gasteiger partial charge in [-0.2, -0.15) is 0 Å². The number of phosphoric acid groups is 1. The molecule has 0 spiro atoms. The molecule has 0 N–H and O–H groups in total. The number of hydrogen-bond acceptors (Lipinski definition) is 8. The van der Waals surface area contributed by atoms with Crippen molar-refractivity contribution in [3.8, 4) is 0 Å². The van der Waals surface area contributed by atoms with E-state index in [0.29, 0.717) is 17.4 Å². The number of nitrogens with zero attached hydrogens (tertiary/aromatic N) is 1. The number of phosphoric ester groups is 1. The third-order valence-electron chi connectivity index (χ3n) is 18.8. The summed E-state index contributed by atoms with van der Waals surface area (Å²) in [5.74, 6) is -0.817. The molecule has 0 rings (SSSR count). The van der Waals surface area contributed by atoms with E-state index >= 15 is 0 Å². The first-order valence-corrected chi connectivity index (χ1v) is 44.1. The molecule has 10 heteroatoms. The van der Waals surface area contributed by atoms with Gasteiger partial charge in [-0.05, 0) is 103 Å². The van der Waals surface area contributed by atoms with Crippen LogP contribution in [0.15, 0.2) is 109 Å².